The third-order valence-electron chi connectivity index (χ3n) is 2.49. The molecule has 0 bridgehead atoms. The third-order valence-corrected chi connectivity index (χ3v) is 3.63. The molecular weight excluding hydrogens is 264 g/mol. The van der Waals surface area contributed by atoms with Crippen LogP contribution in [0.5, 0.6) is 11.5 Å². The van der Waals surface area contributed by atoms with E-state index in [9.17, 15) is 13.2 Å². The minimum absolute atomic E-state index is 0.134. The van der Waals surface area contributed by atoms with Gasteiger partial charge in [0.25, 0.3) is 0 Å². The number of rotatable bonds is 4. The minimum Gasteiger partial charge on any atom is -0.456 e. The van der Waals surface area contributed by atoms with Gasteiger partial charge in [-0.3, -0.25) is 4.79 Å². The molecular formula is C14H12O4S. The quantitative estimate of drug-likeness (QED) is 0.805. The molecule has 0 heterocycles. The first kappa shape index (κ1) is 13.3. The summed E-state index contributed by atoms with van der Waals surface area (Å²) in [6, 6.07) is 12.8. The average Bonchev–Trinajstić information content (AvgIpc) is 2.39. The van der Waals surface area contributed by atoms with Gasteiger partial charge < -0.3 is 4.74 Å². The van der Waals surface area contributed by atoms with Gasteiger partial charge in [0.05, 0.1) is 0 Å². The summed E-state index contributed by atoms with van der Waals surface area (Å²) in [4.78, 5) is 10.7. The highest BCUT2D eigenvalue weighted by atomic mass is 32.2. The Bertz CT molecular complexity index is 688. The smallest absolute Gasteiger partial charge is 0.179 e. The highest BCUT2D eigenvalue weighted by Gasteiger charge is 2.14. The minimum atomic E-state index is -3.35. The topological polar surface area (TPSA) is 60.4 Å². The molecule has 0 aliphatic carbocycles. The highest BCUT2D eigenvalue weighted by molar-refractivity contribution is 7.90. The number of benzene rings is 2. The van der Waals surface area contributed by atoms with E-state index < -0.39 is 9.84 Å². The Morgan fingerprint density at radius 2 is 1.63 bits per heavy atom. The van der Waals surface area contributed by atoms with Crippen molar-refractivity contribution < 1.29 is 17.9 Å². The van der Waals surface area contributed by atoms with Crippen molar-refractivity contribution in [3.05, 3.63) is 54.1 Å². The molecule has 0 radical (unpaired) electrons. The Morgan fingerprint density at radius 3 is 2.21 bits per heavy atom. The van der Waals surface area contributed by atoms with Gasteiger partial charge in [0, 0.05) is 11.8 Å². The molecule has 0 N–H and O–H groups in total. The van der Waals surface area contributed by atoms with E-state index in [-0.39, 0.29) is 10.6 Å². The zero-order chi connectivity index (χ0) is 13.9. The summed E-state index contributed by atoms with van der Waals surface area (Å²) >= 11 is 0. The van der Waals surface area contributed by atoms with Gasteiger partial charge in [-0.05, 0) is 36.4 Å². The van der Waals surface area contributed by atoms with Crippen LogP contribution in [0.1, 0.15) is 10.4 Å². The summed E-state index contributed by atoms with van der Waals surface area (Å²) in [5.41, 5.74) is 0.531. The van der Waals surface area contributed by atoms with Crippen molar-refractivity contribution in [1.29, 1.82) is 0 Å². The molecule has 4 nitrogen and oxygen atoms in total. The standard InChI is InChI=1S/C14H12O4S/c1-19(16,17)14-5-3-2-4-13(14)18-12-8-6-11(10-15)7-9-12/h2-10H,1H3. The molecule has 0 aliphatic rings. The summed E-state index contributed by atoms with van der Waals surface area (Å²) in [5, 5.41) is 0. The Hall–Kier alpha value is -2.14. The molecule has 0 aliphatic heterocycles. The summed E-state index contributed by atoms with van der Waals surface area (Å²) in [7, 11) is -3.35. The van der Waals surface area contributed by atoms with Crippen molar-refractivity contribution in [2.45, 2.75) is 4.90 Å². The van der Waals surface area contributed by atoms with Crippen molar-refractivity contribution in [2.24, 2.45) is 0 Å². The molecule has 0 atom stereocenters. The van der Waals surface area contributed by atoms with Crippen LogP contribution >= 0.6 is 0 Å². The van der Waals surface area contributed by atoms with E-state index in [0.29, 0.717) is 11.3 Å². The second kappa shape index (κ2) is 5.24. The van der Waals surface area contributed by atoms with E-state index in [4.69, 9.17) is 4.74 Å². The van der Waals surface area contributed by atoms with E-state index >= 15 is 0 Å². The number of hydrogen-bond donors (Lipinski definition) is 0. The number of ether oxygens (including phenoxy) is 1. The maximum absolute atomic E-state index is 11.6. The van der Waals surface area contributed by atoms with Crippen molar-refractivity contribution >= 4 is 16.1 Å². The van der Waals surface area contributed by atoms with E-state index in [2.05, 4.69) is 0 Å². The average molecular weight is 276 g/mol. The molecule has 0 fully saturated rings. The Balaban J connectivity index is 2.35. The first-order valence-electron chi connectivity index (χ1n) is 5.53. The second-order valence-corrected chi connectivity index (χ2v) is 5.99. The molecule has 0 saturated heterocycles. The number of hydrogen-bond acceptors (Lipinski definition) is 4. The van der Waals surface area contributed by atoms with E-state index in [1.165, 1.54) is 6.07 Å². The zero-order valence-corrected chi connectivity index (χ0v) is 11.1. The van der Waals surface area contributed by atoms with E-state index in [0.717, 1.165) is 12.5 Å². The molecule has 0 spiro atoms. The molecule has 0 unspecified atom stereocenters. The lowest BCUT2D eigenvalue weighted by Gasteiger charge is -2.09. The second-order valence-electron chi connectivity index (χ2n) is 4.01. The highest BCUT2D eigenvalue weighted by Crippen LogP contribution is 2.28. The SMILES string of the molecule is CS(=O)(=O)c1ccccc1Oc1ccc(C=O)cc1. The van der Waals surface area contributed by atoms with Crippen LogP contribution in [0, 0.1) is 0 Å². The van der Waals surface area contributed by atoms with Gasteiger partial charge >= 0.3 is 0 Å². The van der Waals surface area contributed by atoms with Gasteiger partial charge in [0.1, 0.15) is 22.7 Å². The first-order valence-corrected chi connectivity index (χ1v) is 7.42. The fraction of sp³-hybridized carbons (Fsp3) is 0.0714. The molecule has 5 heteroatoms. The van der Waals surface area contributed by atoms with Crippen molar-refractivity contribution in [1.82, 2.24) is 0 Å². The molecule has 0 aromatic heterocycles. The van der Waals surface area contributed by atoms with Crippen LogP contribution in [0.15, 0.2) is 53.4 Å². The number of para-hydroxylation sites is 1. The molecule has 19 heavy (non-hydrogen) atoms. The maximum Gasteiger partial charge on any atom is 0.179 e. The largest absolute Gasteiger partial charge is 0.456 e. The van der Waals surface area contributed by atoms with Gasteiger partial charge in [0.2, 0.25) is 0 Å². The van der Waals surface area contributed by atoms with Crippen LogP contribution in [0.2, 0.25) is 0 Å². The van der Waals surface area contributed by atoms with E-state index in [1.54, 1.807) is 42.5 Å². The predicted octanol–water partition coefficient (Wildman–Crippen LogP) is 2.69. The lowest BCUT2D eigenvalue weighted by Crippen LogP contribution is -2.00. The third kappa shape index (κ3) is 3.20. The maximum atomic E-state index is 11.6. The summed E-state index contributed by atoms with van der Waals surface area (Å²) in [6.45, 7) is 0. The van der Waals surface area contributed by atoms with Gasteiger partial charge in [-0.15, -0.1) is 0 Å². The molecule has 2 aromatic carbocycles. The van der Waals surface area contributed by atoms with Crippen LogP contribution in [0.3, 0.4) is 0 Å². The van der Waals surface area contributed by atoms with Gasteiger partial charge in [-0.2, -0.15) is 0 Å². The van der Waals surface area contributed by atoms with Crippen LogP contribution in [-0.4, -0.2) is 21.0 Å². The lowest BCUT2D eigenvalue weighted by atomic mass is 10.2. The Morgan fingerprint density at radius 1 is 1.00 bits per heavy atom. The number of aldehydes is 1. The van der Waals surface area contributed by atoms with Gasteiger partial charge in [-0.25, -0.2) is 8.42 Å². The monoisotopic (exact) mass is 276 g/mol. The van der Waals surface area contributed by atoms with Crippen LogP contribution in [0.25, 0.3) is 0 Å². The fourth-order valence-electron chi connectivity index (χ4n) is 1.58. The van der Waals surface area contributed by atoms with Crippen LogP contribution in [-0.2, 0) is 9.84 Å². The lowest BCUT2D eigenvalue weighted by molar-refractivity contribution is 0.112. The Kier molecular flexibility index (Phi) is 3.66. The van der Waals surface area contributed by atoms with Crippen molar-refractivity contribution in [2.75, 3.05) is 6.26 Å². The van der Waals surface area contributed by atoms with Crippen molar-refractivity contribution in [3.63, 3.8) is 0 Å². The molecule has 0 saturated carbocycles. The number of sulfone groups is 1. The normalized spacial score (nSPS) is 11.0. The fourth-order valence-corrected chi connectivity index (χ4v) is 2.38. The molecule has 0 amide bonds. The number of carbonyl (C=O) groups excluding carboxylic acids is 1. The molecule has 2 rings (SSSR count). The van der Waals surface area contributed by atoms with Gasteiger partial charge in [-0.1, -0.05) is 12.1 Å². The summed E-state index contributed by atoms with van der Waals surface area (Å²) in [6.07, 6.45) is 1.86. The van der Waals surface area contributed by atoms with Gasteiger partial charge in [0.15, 0.2) is 9.84 Å². The van der Waals surface area contributed by atoms with Crippen LogP contribution < -0.4 is 4.74 Å². The van der Waals surface area contributed by atoms with E-state index in [1.807, 2.05) is 0 Å². The number of carbonyl (C=O) groups is 1. The molecule has 98 valence electrons. The Labute approximate surface area is 111 Å². The summed E-state index contributed by atoms with van der Waals surface area (Å²) in [5.74, 6) is 0.741. The first-order chi connectivity index (χ1) is 9.00. The zero-order valence-electron chi connectivity index (χ0n) is 10.2. The van der Waals surface area contributed by atoms with Crippen molar-refractivity contribution in [3.8, 4) is 11.5 Å². The summed E-state index contributed by atoms with van der Waals surface area (Å²) < 4.78 is 28.8. The van der Waals surface area contributed by atoms with Crippen LogP contribution in [0.4, 0.5) is 0 Å². The molecule has 2 aromatic rings. The predicted molar refractivity (Wildman–Crippen MR) is 71.5 cm³/mol.